The summed E-state index contributed by atoms with van der Waals surface area (Å²) in [6, 6.07) is 0. The van der Waals surface area contributed by atoms with Gasteiger partial charge >= 0.3 is 0 Å². The minimum Gasteiger partial charge on any atom is -0.396 e. The first kappa shape index (κ1) is 34.4. The Morgan fingerprint density at radius 1 is 1.25 bits per heavy atom. The molecule has 226 valence electrons. The van der Waals surface area contributed by atoms with Crippen molar-refractivity contribution in [3.63, 3.8) is 0 Å². The summed E-state index contributed by atoms with van der Waals surface area (Å²) < 4.78 is 5.86. The van der Waals surface area contributed by atoms with E-state index in [9.17, 15) is 20.1 Å². The summed E-state index contributed by atoms with van der Waals surface area (Å²) in [7, 11) is 1.88. The number of hydrogen-bond acceptors (Lipinski definition) is 6. The van der Waals surface area contributed by atoms with Crippen molar-refractivity contribution in [2.24, 2.45) is 17.3 Å². The van der Waals surface area contributed by atoms with Crippen LogP contribution in [0.25, 0.3) is 0 Å². The number of nitrogens with one attached hydrogen (secondary N) is 1. The second kappa shape index (κ2) is 16.6. The van der Waals surface area contributed by atoms with Crippen LogP contribution in [0.3, 0.4) is 0 Å². The van der Waals surface area contributed by atoms with E-state index in [1.807, 2.05) is 33.0 Å². The molecule has 6 nitrogen and oxygen atoms in total. The molecule has 0 heterocycles. The number of aliphatic hydroxyl groups is 3. The van der Waals surface area contributed by atoms with Gasteiger partial charge in [0.1, 0.15) is 6.29 Å². The van der Waals surface area contributed by atoms with E-state index >= 15 is 0 Å². The van der Waals surface area contributed by atoms with Gasteiger partial charge in [-0.15, -0.1) is 0 Å². The number of carbonyl (C=O) groups is 1. The maximum absolute atomic E-state index is 12.4. The lowest BCUT2D eigenvalue weighted by atomic mass is 9.51. The SMILES string of the molecule is C=C(/C=C/C=C(/COCC)[C@@H]1CC[C@]2([C@@H]1O)[C@@H](CCCO)/C(=C(/C)C=O)CC[C@]2(O)CCNC)CCC=C(C)C. The Bertz CT molecular complexity index is 959. The lowest BCUT2D eigenvalue weighted by Gasteiger charge is -2.57. The summed E-state index contributed by atoms with van der Waals surface area (Å²) in [4.78, 5) is 11.9. The van der Waals surface area contributed by atoms with Crippen LogP contribution in [0.5, 0.6) is 0 Å². The van der Waals surface area contributed by atoms with Crippen molar-refractivity contribution in [1.82, 2.24) is 5.32 Å². The Morgan fingerprint density at radius 2 is 2.00 bits per heavy atom. The summed E-state index contributed by atoms with van der Waals surface area (Å²) in [5, 5.41) is 37.6. The van der Waals surface area contributed by atoms with E-state index in [1.54, 1.807) is 0 Å². The summed E-state index contributed by atoms with van der Waals surface area (Å²) in [6.45, 7) is 13.8. The quantitative estimate of drug-likeness (QED) is 0.0853. The number of aldehydes is 1. The molecular weight excluding hydrogens is 502 g/mol. The van der Waals surface area contributed by atoms with Gasteiger partial charge in [-0.1, -0.05) is 47.6 Å². The lowest BCUT2D eigenvalue weighted by Crippen LogP contribution is -2.61. The van der Waals surface area contributed by atoms with Gasteiger partial charge in [0, 0.05) is 24.5 Å². The molecule has 0 radical (unpaired) electrons. The summed E-state index contributed by atoms with van der Waals surface area (Å²) in [5.41, 5.74) is 3.17. The van der Waals surface area contributed by atoms with Crippen molar-refractivity contribution in [1.29, 1.82) is 0 Å². The van der Waals surface area contributed by atoms with Crippen LogP contribution in [-0.2, 0) is 9.53 Å². The van der Waals surface area contributed by atoms with Crippen LogP contribution in [-0.4, -0.2) is 66.7 Å². The van der Waals surface area contributed by atoms with E-state index in [0.717, 1.165) is 42.3 Å². The highest BCUT2D eigenvalue weighted by molar-refractivity contribution is 5.74. The molecule has 40 heavy (non-hydrogen) atoms. The van der Waals surface area contributed by atoms with Crippen molar-refractivity contribution < 1.29 is 24.9 Å². The fraction of sp³-hybridized carbons (Fsp3) is 0.676. The molecule has 6 heteroatoms. The van der Waals surface area contributed by atoms with Crippen LogP contribution in [0, 0.1) is 17.3 Å². The van der Waals surface area contributed by atoms with Crippen molar-refractivity contribution in [2.75, 3.05) is 33.4 Å². The van der Waals surface area contributed by atoms with Gasteiger partial charge in [0.05, 0.1) is 18.3 Å². The molecule has 2 saturated carbocycles. The highest BCUT2D eigenvalue weighted by atomic mass is 16.5. The van der Waals surface area contributed by atoms with Crippen molar-refractivity contribution in [3.8, 4) is 0 Å². The lowest BCUT2D eigenvalue weighted by molar-refractivity contribution is -0.180. The fourth-order valence-electron chi connectivity index (χ4n) is 7.12. The molecule has 0 aromatic carbocycles. The average Bonchev–Trinajstić information content (AvgIpc) is 3.27. The predicted molar refractivity (Wildman–Crippen MR) is 164 cm³/mol. The highest BCUT2D eigenvalue weighted by Crippen LogP contribution is 2.63. The first-order chi connectivity index (χ1) is 19.1. The van der Waals surface area contributed by atoms with Crippen molar-refractivity contribution in [2.45, 2.75) is 97.2 Å². The van der Waals surface area contributed by atoms with Gasteiger partial charge in [-0.2, -0.15) is 0 Å². The minimum atomic E-state index is -1.09. The van der Waals surface area contributed by atoms with Crippen LogP contribution < -0.4 is 5.32 Å². The molecular formula is C34H55NO5. The number of hydrogen-bond donors (Lipinski definition) is 4. The third-order valence-corrected chi connectivity index (χ3v) is 9.23. The molecule has 0 unspecified atom stereocenters. The molecule has 2 aliphatic rings. The average molecular weight is 558 g/mol. The van der Waals surface area contributed by atoms with E-state index < -0.39 is 17.1 Å². The molecule has 0 amide bonds. The third kappa shape index (κ3) is 8.13. The summed E-state index contributed by atoms with van der Waals surface area (Å²) in [6.07, 6.45) is 14.5. The van der Waals surface area contributed by atoms with Crippen LogP contribution in [0.15, 0.2) is 58.7 Å². The standard InChI is InChI=1S/C34H55NO5/c1-7-40-24-28(14-9-13-26(4)12-8-11-25(2)3)30-17-19-34(32(30)38)31(15-10-22-36)29(27(5)23-37)16-18-33(34,39)20-21-35-6/h9,11,13-14,23,30-32,35-36,38-39H,4,7-8,10,12,15-22,24H2,1-3,5-6H3/b13-9+,28-14-,29-27-/t30-,31-,32+,33-,34+/m0/s1. The molecule has 0 aromatic rings. The van der Waals surface area contributed by atoms with Gasteiger partial charge in [-0.3, -0.25) is 4.79 Å². The van der Waals surface area contributed by atoms with E-state index in [4.69, 9.17) is 4.74 Å². The third-order valence-electron chi connectivity index (χ3n) is 9.23. The van der Waals surface area contributed by atoms with Crippen molar-refractivity contribution in [3.05, 3.63) is 58.7 Å². The largest absolute Gasteiger partial charge is 0.396 e. The Kier molecular flexibility index (Phi) is 14.2. The molecule has 1 spiro atoms. The normalized spacial score (nSPS) is 30.2. The molecule has 2 aliphatic carbocycles. The molecule has 0 aliphatic heterocycles. The minimum absolute atomic E-state index is 0.0340. The van der Waals surface area contributed by atoms with E-state index in [-0.39, 0.29) is 18.4 Å². The molecule has 2 rings (SSSR count). The molecule has 0 saturated heterocycles. The number of ether oxygens (including phenoxy) is 1. The van der Waals surface area contributed by atoms with E-state index in [0.29, 0.717) is 63.9 Å². The zero-order valence-corrected chi connectivity index (χ0v) is 25.7. The smallest absolute Gasteiger partial charge is 0.145 e. The fourth-order valence-corrected chi connectivity index (χ4v) is 7.12. The van der Waals surface area contributed by atoms with Crippen molar-refractivity contribution >= 4 is 6.29 Å². The number of aliphatic hydroxyl groups excluding tert-OH is 2. The Balaban J connectivity index is 2.51. The van der Waals surface area contributed by atoms with Crippen LogP contribution in [0.1, 0.15) is 85.5 Å². The second-order valence-electron chi connectivity index (χ2n) is 12.0. The maximum atomic E-state index is 12.4. The first-order valence-electron chi connectivity index (χ1n) is 15.2. The predicted octanol–water partition coefficient (Wildman–Crippen LogP) is 5.60. The number of carbonyl (C=O) groups excluding carboxylic acids is 1. The monoisotopic (exact) mass is 557 g/mol. The second-order valence-corrected chi connectivity index (χ2v) is 12.0. The van der Waals surface area contributed by atoms with E-state index in [1.165, 1.54) is 5.57 Å². The van der Waals surface area contributed by atoms with Gasteiger partial charge in [-0.25, -0.2) is 0 Å². The van der Waals surface area contributed by atoms with Gasteiger partial charge in [-0.05, 0) is 116 Å². The zero-order chi connectivity index (χ0) is 29.8. The maximum Gasteiger partial charge on any atom is 0.145 e. The molecule has 4 N–H and O–H groups in total. The van der Waals surface area contributed by atoms with Gasteiger partial charge in [0.25, 0.3) is 0 Å². The van der Waals surface area contributed by atoms with Crippen LogP contribution in [0.2, 0.25) is 0 Å². The first-order valence-corrected chi connectivity index (χ1v) is 15.2. The molecule has 0 bridgehead atoms. The molecule has 5 atom stereocenters. The Morgan fingerprint density at radius 3 is 2.62 bits per heavy atom. The van der Waals surface area contributed by atoms with Gasteiger partial charge in [0.15, 0.2) is 0 Å². The Labute approximate surface area is 243 Å². The number of allylic oxidation sites excluding steroid dienone is 8. The Hall–Kier alpha value is -1.83. The zero-order valence-electron chi connectivity index (χ0n) is 25.7. The summed E-state index contributed by atoms with van der Waals surface area (Å²) >= 11 is 0. The summed E-state index contributed by atoms with van der Waals surface area (Å²) in [5.74, 6) is -0.358. The molecule has 0 aromatic heterocycles. The molecule has 2 fully saturated rings. The highest BCUT2D eigenvalue weighted by Gasteiger charge is 2.65. The van der Waals surface area contributed by atoms with E-state index in [2.05, 4.69) is 37.9 Å². The van der Waals surface area contributed by atoms with Crippen LogP contribution >= 0.6 is 0 Å². The van der Waals surface area contributed by atoms with Crippen LogP contribution in [0.4, 0.5) is 0 Å². The topological polar surface area (TPSA) is 99.0 Å². The van der Waals surface area contributed by atoms with Gasteiger partial charge < -0.3 is 25.4 Å². The number of rotatable bonds is 16. The van der Waals surface area contributed by atoms with Gasteiger partial charge in [0.2, 0.25) is 0 Å².